The molecule has 0 aromatic heterocycles. The third-order valence-electron chi connectivity index (χ3n) is 3.80. The molecule has 0 saturated heterocycles. The Balaban J connectivity index is 3.05. The van der Waals surface area contributed by atoms with Crippen molar-refractivity contribution in [3.05, 3.63) is 34.9 Å². The van der Waals surface area contributed by atoms with E-state index in [9.17, 15) is 13.2 Å². The fourth-order valence-corrected chi connectivity index (χ4v) is 2.61. The lowest BCUT2D eigenvalue weighted by Gasteiger charge is -2.28. The molecule has 4 nitrogen and oxygen atoms in total. The van der Waals surface area contributed by atoms with Crippen molar-refractivity contribution >= 4 is 15.7 Å². The molecule has 0 aliphatic heterocycles. The van der Waals surface area contributed by atoms with Crippen LogP contribution in [0.2, 0.25) is 0 Å². The average molecular weight is 297 g/mol. The first-order chi connectivity index (χ1) is 9.05. The number of amides is 1. The minimum Gasteiger partial charge on any atom is -0.338 e. The largest absolute Gasteiger partial charge is 0.338 e. The highest BCUT2D eigenvalue weighted by molar-refractivity contribution is 7.92. The highest BCUT2D eigenvalue weighted by atomic mass is 32.2. The first-order valence-corrected chi connectivity index (χ1v) is 8.54. The Hall–Kier alpha value is -1.36. The van der Waals surface area contributed by atoms with Crippen molar-refractivity contribution in [2.75, 3.05) is 13.3 Å². The maximum absolute atomic E-state index is 12.2. The summed E-state index contributed by atoms with van der Waals surface area (Å²) in [5.74, 6) is -0.374. The monoisotopic (exact) mass is 297 g/mol. The smallest absolute Gasteiger partial charge is 0.240 e. The number of rotatable bonds is 4. The maximum atomic E-state index is 12.2. The molecule has 0 aliphatic rings. The first kappa shape index (κ1) is 16.7. The second-order valence-corrected chi connectivity index (χ2v) is 7.82. The van der Waals surface area contributed by atoms with Crippen LogP contribution in [0.1, 0.15) is 36.6 Å². The molecule has 0 spiro atoms. The topological polar surface area (TPSA) is 54.5 Å². The Bertz CT molecular complexity index is 608. The standard InChI is InChI=1S/C15H23NO3S/c1-10-7-8-11(2)14(9-10)12(3)16(5)15(17)13(4)20(6,18)19/h7-9,12-13H,1-6H3/t12-,13+/m0/s1. The molecule has 0 unspecified atom stereocenters. The Morgan fingerprint density at radius 1 is 1.20 bits per heavy atom. The molecule has 0 bridgehead atoms. The zero-order valence-electron chi connectivity index (χ0n) is 13.0. The van der Waals surface area contributed by atoms with E-state index in [1.807, 2.05) is 39.0 Å². The van der Waals surface area contributed by atoms with E-state index in [-0.39, 0.29) is 11.9 Å². The van der Waals surface area contributed by atoms with E-state index in [0.29, 0.717) is 0 Å². The number of benzene rings is 1. The lowest BCUT2D eigenvalue weighted by atomic mass is 9.99. The summed E-state index contributed by atoms with van der Waals surface area (Å²) in [6, 6.07) is 5.91. The van der Waals surface area contributed by atoms with Crippen molar-refractivity contribution in [2.24, 2.45) is 0 Å². The summed E-state index contributed by atoms with van der Waals surface area (Å²) in [5, 5.41) is -1.01. The van der Waals surface area contributed by atoms with Crippen LogP contribution in [0.4, 0.5) is 0 Å². The molecule has 20 heavy (non-hydrogen) atoms. The predicted molar refractivity (Wildman–Crippen MR) is 81.4 cm³/mol. The van der Waals surface area contributed by atoms with Gasteiger partial charge < -0.3 is 4.90 Å². The van der Waals surface area contributed by atoms with E-state index >= 15 is 0 Å². The zero-order chi connectivity index (χ0) is 15.7. The summed E-state index contributed by atoms with van der Waals surface area (Å²) in [6.45, 7) is 7.33. The van der Waals surface area contributed by atoms with Crippen molar-refractivity contribution in [1.29, 1.82) is 0 Å². The molecule has 1 aromatic rings. The summed E-state index contributed by atoms with van der Waals surface area (Å²) in [5.41, 5.74) is 3.26. The zero-order valence-corrected chi connectivity index (χ0v) is 13.8. The molecule has 0 saturated carbocycles. The summed E-state index contributed by atoms with van der Waals surface area (Å²) < 4.78 is 23.0. The van der Waals surface area contributed by atoms with Gasteiger partial charge in [0.2, 0.25) is 5.91 Å². The highest BCUT2D eigenvalue weighted by Gasteiger charge is 2.29. The van der Waals surface area contributed by atoms with Crippen LogP contribution in [0.5, 0.6) is 0 Å². The molecule has 0 heterocycles. The highest BCUT2D eigenvalue weighted by Crippen LogP contribution is 2.24. The summed E-state index contributed by atoms with van der Waals surface area (Å²) in [6.07, 6.45) is 1.09. The van der Waals surface area contributed by atoms with Gasteiger partial charge >= 0.3 is 0 Å². The molecule has 2 atom stereocenters. The van der Waals surface area contributed by atoms with Gasteiger partial charge in [0.25, 0.3) is 0 Å². The third kappa shape index (κ3) is 3.60. The van der Waals surface area contributed by atoms with Crippen molar-refractivity contribution in [3.8, 4) is 0 Å². The molecule has 1 aromatic carbocycles. The Morgan fingerprint density at radius 3 is 2.25 bits per heavy atom. The van der Waals surface area contributed by atoms with E-state index < -0.39 is 15.1 Å². The van der Waals surface area contributed by atoms with Gasteiger partial charge in [0.05, 0.1) is 6.04 Å². The predicted octanol–water partition coefficient (Wildman–Crippen LogP) is 2.26. The third-order valence-corrected chi connectivity index (χ3v) is 5.29. The molecular formula is C15H23NO3S. The van der Waals surface area contributed by atoms with Crippen LogP contribution in [0.15, 0.2) is 18.2 Å². The van der Waals surface area contributed by atoms with Gasteiger partial charge in [-0.2, -0.15) is 0 Å². The summed E-state index contributed by atoms with van der Waals surface area (Å²) in [4.78, 5) is 13.8. The Morgan fingerprint density at radius 2 is 1.75 bits per heavy atom. The molecule has 1 rings (SSSR count). The lowest BCUT2D eigenvalue weighted by Crippen LogP contribution is -2.40. The second kappa shape index (κ2) is 5.95. The van der Waals surface area contributed by atoms with Crippen LogP contribution < -0.4 is 0 Å². The molecule has 0 radical (unpaired) electrons. The van der Waals surface area contributed by atoms with E-state index in [0.717, 1.165) is 22.9 Å². The van der Waals surface area contributed by atoms with Gasteiger partial charge in [-0.05, 0) is 38.8 Å². The minimum atomic E-state index is -3.37. The summed E-state index contributed by atoms with van der Waals surface area (Å²) in [7, 11) is -1.72. The van der Waals surface area contributed by atoms with Gasteiger partial charge in [0.15, 0.2) is 9.84 Å². The Labute approximate surface area is 121 Å². The molecule has 5 heteroatoms. The number of carbonyl (C=O) groups excluding carboxylic acids is 1. The van der Waals surface area contributed by atoms with Crippen LogP contribution in [-0.2, 0) is 14.6 Å². The number of carbonyl (C=O) groups is 1. The fraction of sp³-hybridized carbons (Fsp3) is 0.533. The van der Waals surface area contributed by atoms with Crippen molar-refractivity contribution in [2.45, 2.75) is 39.0 Å². The maximum Gasteiger partial charge on any atom is 0.240 e. The number of nitrogens with zero attached hydrogens (tertiary/aromatic N) is 1. The molecule has 1 amide bonds. The molecule has 0 N–H and O–H groups in total. The van der Waals surface area contributed by atoms with Gasteiger partial charge in [-0.1, -0.05) is 23.8 Å². The molecule has 112 valence electrons. The van der Waals surface area contributed by atoms with Gasteiger partial charge in [-0.25, -0.2) is 8.42 Å². The van der Waals surface area contributed by atoms with E-state index in [2.05, 4.69) is 0 Å². The Kier molecular flexibility index (Phi) is 4.97. The van der Waals surface area contributed by atoms with E-state index in [1.54, 1.807) is 7.05 Å². The number of hydrogen-bond acceptors (Lipinski definition) is 3. The SMILES string of the molecule is Cc1ccc(C)c([C@H](C)N(C)C(=O)[C@@H](C)S(C)(=O)=O)c1. The van der Waals surface area contributed by atoms with Crippen LogP contribution >= 0.6 is 0 Å². The van der Waals surface area contributed by atoms with Crippen LogP contribution in [-0.4, -0.2) is 37.8 Å². The van der Waals surface area contributed by atoms with E-state index in [1.165, 1.54) is 11.8 Å². The average Bonchev–Trinajstić information content (AvgIpc) is 2.37. The van der Waals surface area contributed by atoms with Crippen LogP contribution in [0.25, 0.3) is 0 Å². The minimum absolute atomic E-state index is 0.161. The number of hydrogen-bond donors (Lipinski definition) is 0. The van der Waals surface area contributed by atoms with Crippen molar-refractivity contribution in [1.82, 2.24) is 4.90 Å². The first-order valence-electron chi connectivity index (χ1n) is 6.58. The van der Waals surface area contributed by atoms with E-state index in [4.69, 9.17) is 0 Å². The van der Waals surface area contributed by atoms with Gasteiger partial charge in [0.1, 0.15) is 5.25 Å². The lowest BCUT2D eigenvalue weighted by molar-refractivity contribution is -0.131. The van der Waals surface area contributed by atoms with Crippen LogP contribution in [0, 0.1) is 13.8 Å². The van der Waals surface area contributed by atoms with Crippen molar-refractivity contribution < 1.29 is 13.2 Å². The van der Waals surface area contributed by atoms with Gasteiger partial charge in [-0.15, -0.1) is 0 Å². The van der Waals surface area contributed by atoms with Crippen molar-refractivity contribution in [3.63, 3.8) is 0 Å². The number of sulfone groups is 1. The fourth-order valence-electron chi connectivity index (χ4n) is 2.08. The quantitative estimate of drug-likeness (QED) is 0.856. The molecular weight excluding hydrogens is 274 g/mol. The number of aryl methyl sites for hydroxylation is 2. The normalized spacial score (nSPS) is 14.7. The molecule has 0 aliphatic carbocycles. The van der Waals surface area contributed by atoms with Gasteiger partial charge in [0, 0.05) is 13.3 Å². The molecule has 0 fully saturated rings. The van der Waals surface area contributed by atoms with Gasteiger partial charge in [-0.3, -0.25) is 4.79 Å². The second-order valence-electron chi connectivity index (χ2n) is 5.46. The van der Waals surface area contributed by atoms with Crippen LogP contribution in [0.3, 0.4) is 0 Å². The summed E-state index contributed by atoms with van der Waals surface area (Å²) >= 11 is 0.